The molecule has 15 heavy (non-hydrogen) atoms. The molecule has 0 saturated carbocycles. The van der Waals surface area contributed by atoms with Crippen LogP contribution in [0.3, 0.4) is 0 Å². The number of carbonyl (C=O) groups is 1. The van der Waals surface area contributed by atoms with Crippen molar-refractivity contribution in [1.82, 2.24) is 0 Å². The number of rotatable bonds is 2. The normalized spacial score (nSPS) is 21.1. The van der Waals surface area contributed by atoms with Gasteiger partial charge in [0.1, 0.15) is 0 Å². The summed E-state index contributed by atoms with van der Waals surface area (Å²) >= 11 is 3.34. The van der Waals surface area contributed by atoms with Crippen LogP contribution in [0.15, 0.2) is 24.3 Å². The Balaban J connectivity index is 2.19. The van der Waals surface area contributed by atoms with E-state index in [1.54, 1.807) is 4.90 Å². The Hall–Kier alpha value is -0.870. The van der Waals surface area contributed by atoms with Crippen molar-refractivity contribution in [2.45, 2.75) is 17.9 Å². The highest BCUT2D eigenvalue weighted by Crippen LogP contribution is 2.25. The summed E-state index contributed by atoms with van der Waals surface area (Å²) in [5.74, 6) is 0.117. The maximum Gasteiger partial charge on any atom is 0.240 e. The average Bonchev–Trinajstić information content (AvgIpc) is 2.60. The van der Waals surface area contributed by atoms with Gasteiger partial charge in [-0.05, 0) is 24.1 Å². The fourth-order valence-electron chi connectivity index (χ4n) is 1.68. The fourth-order valence-corrected chi connectivity index (χ4v) is 2.13. The molecule has 4 heteroatoms. The van der Waals surface area contributed by atoms with Crippen LogP contribution in [0.5, 0.6) is 0 Å². The molecule has 1 N–H and O–H groups in total. The summed E-state index contributed by atoms with van der Waals surface area (Å²) in [5, 5.41) is 8.90. The Morgan fingerprint density at radius 2 is 2.07 bits per heavy atom. The van der Waals surface area contributed by atoms with Crippen molar-refractivity contribution in [2.24, 2.45) is 0 Å². The highest BCUT2D eigenvalue weighted by atomic mass is 79.9. The van der Waals surface area contributed by atoms with Crippen LogP contribution >= 0.6 is 15.9 Å². The molecule has 0 spiro atoms. The van der Waals surface area contributed by atoms with Crippen molar-refractivity contribution in [1.29, 1.82) is 0 Å². The van der Waals surface area contributed by atoms with Crippen LogP contribution in [-0.2, 0) is 11.4 Å². The van der Waals surface area contributed by atoms with Gasteiger partial charge in [-0.15, -0.1) is 0 Å². The predicted octanol–water partition coefficient (Wildman–Crippen LogP) is 1.68. The van der Waals surface area contributed by atoms with E-state index in [0.29, 0.717) is 0 Å². The third-order valence-electron chi connectivity index (χ3n) is 2.57. The first kappa shape index (κ1) is 10.6. The van der Waals surface area contributed by atoms with Crippen LogP contribution < -0.4 is 4.90 Å². The van der Waals surface area contributed by atoms with Gasteiger partial charge in [0.05, 0.1) is 11.4 Å². The van der Waals surface area contributed by atoms with Crippen molar-refractivity contribution < 1.29 is 9.90 Å². The molecule has 1 saturated heterocycles. The predicted molar refractivity (Wildman–Crippen MR) is 62.0 cm³/mol. The second kappa shape index (κ2) is 4.33. The molecule has 1 heterocycles. The van der Waals surface area contributed by atoms with Crippen molar-refractivity contribution in [3.63, 3.8) is 0 Å². The number of alkyl halides is 1. The van der Waals surface area contributed by atoms with E-state index in [9.17, 15) is 4.79 Å². The number of amides is 1. The number of halogens is 1. The van der Waals surface area contributed by atoms with Gasteiger partial charge in [-0.3, -0.25) is 4.79 Å². The second-order valence-corrected chi connectivity index (χ2v) is 4.68. The average molecular weight is 270 g/mol. The molecule has 1 aliphatic heterocycles. The quantitative estimate of drug-likeness (QED) is 0.830. The Kier molecular flexibility index (Phi) is 3.07. The molecule has 2 rings (SSSR count). The molecule has 1 unspecified atom stereocenters. The zero-order chi connectivity index (χ0) is 10.8. The first-order chi connectivity index (χ1) is 7.22. The molecular formula is C11H12BrNO2. The minimum atomic E-state index is -0.0463. The van der Waals surface area contributed by atoms with E-state index >= 15 is 0 Å². The van der Waals surface area contributed by atoms with Crippen LogP contribution in [0.2, 0.25) is 0 Å². The van der Waals surface area contributed by atoms with E-state index in [2.05, 4.69) is 15.9 Å². The Labute approximate surface area is 96.8 Å². The number of hydrogen-bond acceptors (Lipinski definition) is 2. The van der Waals surface area contributed by atoms with Gasteiger partial charge in [-0.25, -0.2) is 0 Å². The molecule has 3 nitrogen and oxygen atoms in total. The topological polar surface area (TPSA) is 40.5 Å². The molecule has 1 fully saturated rings. The molecule has 80 valence electrons. The Morgan fingerprint density at radius 3 is 2.53 bits per heavy atom. The Morgan fingerprint density at radius 1 is 1.40 bits per heavy atom. The van der Waals surface area contributed by atoms with Gasteiger partial charge in [0.25, 0.3) is 0 Å². The fraction of sp³-hybridized carbons (Fsp3) is 0.364. The standard InChI is InChI=1S/C11H12BrNO2/c12-10-5-6-13(11(10)15)9-3-1-8(7-14)2-4-9/h1-4,10,14H,5-7H2. The molecule has 0 radical (unpaired) electrons. The van der Waals surface area contributed by atoms with Crippen LogP contribution in [0.25, 0.3) is 0 Å². The summed E-state index contributed by atoms with van der Waals surface area (Å²) in [7, 11) is 0. The molecule has 1 amide bonds. The van der Waals surface area contributed by atoms with Crippen LogP contribution in [-0.4, -0.2) is 22.4 Å². The number of aliphatic hydroxyl groups excluding tert-OH is 1. The summed E-state index contributed by atoms with van der Waals surface area (Å²) < 4.78 is 0. The minimum absolute atomic E-state index is 0.0370. The van der Waals surface area contributed by atoms with Crippen molar-refractivity contribution >= 4 is 27.5 Å². The first-order valence-electron chi connectivity index (χ1n) is 4.87. The van der Waals surface area contributed by atoms with Gasteiger partial charge in [0.15, 0.2) is 0 Å². The lowest BCUT2D eigenvalue weighted by Gasteiger charge is -2.16. The lowest BCUT2D eigenvalue weighted by atomic mass is 10.2. The smallest absolute Gasteiger partial charge is 0.240 e. The molecule has 1 atom stereocenters. The van der Waals surface area contributed by atoms with Gasteiger partial charge in [-0.1, -0.05) is 28.1 Å². The van der Waals surface area contributed by atoms with Gasteiger partial charge in [0, 0.05) is 12.2 Å². The summed E-state index contributed by atoms with van der Waals surface area (Å²) in [4.78, 5) is 13.4. The summed E-state index contributed by atoms with van der Waals surface area (Å²) in [6.07, 6.45) is 0.848. The zero-order valence-electron chi connectivity index (χ0n) is 8.19. The van der Waals surface area contributed by atoms with Crippen LogP contribution in [0.4, 0.5) is 5.69 Å². The molecule has 0 bridgehead atoms. The SMILES string of the molecule is O=C1C(Br)CCN1c1ccc(CO)cc1. The van der Waals surface area contributed by atoms with Crippen molar-refractivity contribution in [3.8, 4) is 0 Å². The van der Waals surface area contributed by atoms with E-state index in [1.165, 1.54) is 0 Å². The summed E-state index contributed by atoms with van der Waals surface area (Å²) in [6.45, 7) is 0.794. The van der Waals surface area contributed by atoms with E-state index in [1.807, 2.05) is 24.3 Å². The molecular weight excluding hydrogens is 258 g/mol. The van der Waals surface area contributed by atoms with Gasteiger partial charge < -0.3 is 10.0 Å². The summed E-state index contributed by atoms with van der Waals surface area (Å²) in [6, 6.07) is 7.41. The lowest BCUT2D eigenvalue weighted by molar-refractivity contribution is -0.116. The van der Waals surface area contributed by atoms with E-state index in [-0.39, 0.29) is 17.3 Å². The third kappa shape index (κ3) is 2.06. The monoisotopic (exact) mass is 269 g/mol. The first-order valence-corrected chi connectivity index (χ1v) is 5.79. The van der Waals surface area contributed by atoms with Crippen LogP contribution in [0.1, 0.15) is 12.0 Å². The lowest BCUT2D eigenvalue weighted by Crippen LogP contribution is -2.26. The van der Waals surface area contributed by atoms with Gasteiger partial charge >= 0.3 is 0 Å². The zero-order valence-corrected chi connectivity index (χ0v) is 9.77. The van der Waals surface area contributed by atoms with E-state index in [4.69, 9.17) is 5.11 Å². The maximum atomic E-state index is 11.7. The number of carbonyl (C=O) groups excluding carboxylic acids is 1. The number of benzene rings is 1. The molecule has 0 aromatic heterocycles. The molecule has 0 aliphatic carbocycles. The molecule has 1 aliphatic rings. The number of anilines is 1. The summed E-state index contributed by atoms with van der Waals surface area (Å²) in [5.41, 5.74) is 1.76. The van der Waals surface area contributed by atoms with Gasteiger partial charge in [-0.2, -0.15) is 0 Å². The van der Waals surface area contributed by atoms with E-state index in [0.717, 1.165) is 24.2 Å². The van der Waals surface area contributed by atoms with Crippen molar-refractivity contribution in [2.75, 3.05) is 11.4 Å². The number of nitrogens with zero attached hydrogens (tertiary/aromatic N) is 1. The highest BCUT2D eigenvalue weighted by molar-refractivity contribution is 9.10. The van der Waals surface area contributed by atoms with E-state index < -0.39 is 0 Å². The largest absolute Gasteiger partial charge is 0.392 e. The number of aliphatic hydroxyl groups is 1. The maximum absolute atomic E-state index is 11.7. The minimum Gasteiger partial charge on any atom is -0.392 e. The molecule has 1 aromatic rings. The van der Waals surface area contributed by atoms with Crippen LogP contribution in [0, 0.1) is 0 Å². The van der Waals surface area contributed by atoms with Crippen molar-refractivity contribution in [3.05, 3.63) is 29.8 Å². The second-order valence-electron chi connectivity index (χ2n) is 3.57. The Bertz CT molecular complexity index is 363. The third-order valence-corrected chi connectivity index (χ3v) is 3.42. The number of hydrogen-bond donors (Lipinski definition) is 1. The highest BCUT2D eigenvalue weighted by Gasteiger charge is 2.30. The molecule has 1 aromatic carbocycles. The van der Waals surface area contributed by atoms with Gasteiger partial charge in [0.2, 0.25) is 5.91 Å².